The lowest BCUT2D eigenvalue weighted by molar-refractivity contribution is 0.0953. The lowest BCUT2D eigenvalue weighted by Gasteiger charge is -2.06. The second-order valence-electron chi connectivity index (χ2n) is 4.35. The van der Waals surface area contributed by atoms with Crippen LogP contribution in [0.25, 0.3) is 0 Å². The standard InChI is InChI=1S/C13H14Cl2N4O/c1-8-9(7-17-19-8)3-2-6-16-13(20)10-4-5-11(14)18-12(10)15/h4-5,7H,2-3,6H2,1H3,(H,16,20)(H,17,19). The largest absolute Gasteiger partial charge is 0.352 e. The van der Waals surface area contributed by atoms with Crippen LogP contribution in [0.5, 0.6) is 0 Å². The van der Waals surface area contributed by atoms with E-state index in [0.717, 1.165) is 24.1 Å². The zero-order chi connectivity index (χ0) is 14.5. The van der Waals surface area contributed by atoms with Crippen LogP contribution in [0, 0.1) is 6.92 Å². The second-order valence-corrected chi connectivity index (χ2v) is 5.10. The summed E-state index contributed by atoms with van der Waals surface area (Å²) in [6.45, 7) is 2.53. The molecule has 0 aliphatic rings. The highest BCUT2D eigenvalue weighted by atomic mass is 35.5. The first-order valence-corrected chi connectivity index (χ1v) is 6.92. The first-order chi connectivity index (χ1) is 9.58. The summed E-state index contributed by atoms with van der Waals surface area (Å²) < 4.78 is 0. The quantitative estimate of drug-likeness (QED) is 0.658. The number of aryl methyl sites for hydroxylation is 2. The summed E-state index contributed by atoms with van der Waals surface area (Å²) in [5.41, 5.74) is 2.54. The molecule has 0 saturated heterocycles. The van der Waals surface area contributed by atoms with Crippen molar-refractivity contribution in [2.75, 3.05) is 6.54 Å². The number of hydrogen-bond acceptors (Lipinski definition) is 3. The van der Waals surface area contributed by atoms with Crippen molar-refractivity contribution >= 4 is 29.1 Å². The molecule has 0 unspecified atom stereocenters. The Kier molecular flexibility index (Phi) is 4.98. The number of nitrogens with one attached hydrogen (secondary N) is 2. The minimum absolute atomic E-state index is 0.112. The van der Waals surface area contributed by atoms with Crippen molar-refractivity contribution in [2.45, 2.75) is 19.8 Å². The fourth-order valence-corrected chi connectivity index (χ4v) is 2.22. The van der Waals surface area contributed by atoms with Crippen LogP contribution in [-0.2, 0) is 6.42 Å². The number of H-pyrrole nitrogens is 1. The Hall–Kier alpha value is -1.59. The molecular weight excluding hydrogens is 299 g/mol. The number of hydrogen-bond donors (Lipinski definition) is 2. The van der Waals surface area contributed by atoms with Gasteiger partial charge in [0.1, 0.15) is 10.3 Å². The molecule has 0 saturated carbocycles. The van der Waals surface area contributed by atoms with E-state index < -0.39 is 0 Å². The van der Waals surface area contributed by atoms with Crippen LogP contribution in [0.1, 0.15) is 28.0 Å². The van der Waals surface area contributed by atoms with Gasteiger partial charge in [-0.25, -0.2) is 4.98 Å². The lowest BCUT2D eigenvalue weighted by atomic mass is 10.1. The molecule has 0 aliphatic heterocycles. The number of rotatable bonds is 5. The summed E-state index contributed by atoms with van der Waals surface area (Å²) in [5, 5.41) is 10.0. The number of nitrogens with zero attached hydrogens (tertiary/aromatic N) is 2. The van der Waals surface area contributed by atoms with Gasteiger partial charge in [-0.05, 0) is 37.5 Å². The van der Waals surface area contributed by atoms with Gasteiger partial charge in [-0.3, -0.25) is 9.89 Å². The van der Waals surface area contributed by atoms with Crippen molar-refractivity contribution in [1.29, 1.82) is 0 Å². The Morgan fingerprint density at radius 2 is 2.20 bits per heavy atom. The van der Waals surface area contributed by atoms with Crippen molar-refractivity contribution in [3.63, 3.8) is 0 Å². The highest BCUT2D eigenvalue weighted by Crippen LogP contribution is 2.16. The maximum Gasteiger partial charge on any atom is 0.254 e. The Bertz CT molecular complexity index is 612. The molecule has 0 fully saturated rings. The molecule has 2 aromatic heterocycles. The maximum atomic E-state index is 11.9. The van der Waals surface area contributed by atoms with Crippen LogP contribution < -0.4 is 5.32 Å². The molecule has 0 aliphatic carbocycles. The first-order valence-electron chi connectivity index (χ1n) is 6.17. The predicted octanol–water partition coefficient (Wildman–Crippen LogP) is 2.78. The predicted molar refractivity (Wildman–Crippen MR) is 78.2 cm³/mol. The number of pyridine rings is 1. The molecule has 0 radical (unpaired) electrons. The number of aromatic nitrogens is 3. The van der Waals surface area contributed by atoms with Crippen molar-refractivity contribution in [2.24, 2.45) is 0 Å². The van der Waals surface area contributed by atoms with Crippen molar-refractivity contribution in [3.8, 4) is 0 Å². The van der Waals surface area contributed by atoms with Crippen LogP contribution in [-0.4, -0.2) is 27.6 Å². The average molecular weight is 313 g/mol. The van der Waals surface area contributed by atoms with E-state index in [4.69, 9.17) is 23.2 Å². The van der Waals surface area contributed by atoms with Crippen LogP contribution >= 0.6 is 23.2 Å². The molecule has 2 heterocycles. The van der Waals surface area contributed by atoms with Crippen LogP contribution in [0.15, 0.2) is 18.3 Å². The molecule has 0 bridgehead atoms. The number of carbonyl (C=O) groups is 1. The molecule has 2 rings (SSSR count). The zero-order valence-electron chi connectivity index (χ0n) is 10.9. The number of carbonyl (C=O) groups excluding carboxylic acids is 1. The van der Waals surface area contributed by atoms with E-state index in [-0.39, 0.29) is 16.2 Å². The van der Waals surface area contributed by atoms with Gasteiger partial charge in [0.2, 0.25) is 0 Å². The topological polar surface area (TPSA) is 70.7 Å². The Morgan fingerprint density at radius 1 is 1.40 bits per heavy atom. The lowest BCUT2D eigenvalue weighted by Crippen LogP contribution is -2.25. The third-order valence-electron chi connectivity index (χ3n) is 2.90. The summed E-state index contributed by atoms with van der Waals surface area (Å²) in [5.74, 6) is -0.247. The van der Waals surface area contributed by atoms with E-state index in [1.807, 2.05) is 6.92 Å². The molecule has 1 amide bonds. The van der Waals surface area contributed by atoms with E-state index in [2.05, 4.69) is 20.5 Å². The van der Waals surface area contributed by atoms with Gasteiger partial charge in [-0.2, -0.15) is 5.10 Å². The van der Waals surface area contributed by atoms with Crippen molar-refractivity contribution in [3.05, 3.63) is 45.5 Å². The van der Waals surface area contributed by atoms with Crippen LogP contribution in [0.2, 0.25) is 10.3 Å². The summed E-state index contributed by atoms with van der Waals surface area (Å²) in [4.78, 5) is 15.7. The molecule has 2 N–H and O–H groups in total. The minimum atomic E-state index is -0.247. The molecule has 2 aromatic rings. The molecule has 20 heavy (non-hydrogen) atoms. The molecule has 106 valence electrons. The minimum Gasteiger partial charge on any atom is -0.352 e. The van der Waals surface area contributed by atoms with E-state index in [1.54, 1.807) is 12.3 Å². The number of aromatic amines is 1. The SMILES string of the molecule is Cc1[nH]ncc1CCCNC(=O)c1ccc(Cl)nc1Cl. The van der Waals surface area contributed by atoms with Gasteiger partial charge in [0, 0.05) is 12.2 Å². The molecule has 5 nitrogen and oxygen atoms in total. The van der Waals surface area contributed by atoms with Crippen LogP contribution in [0.4, 0.5) is 0 Å². The van der Waals surface area contributed by atoms with Gasteiger partial charge in [0.05, 0.1) is 11.8 Å². The third kappa shape index (κ3) is 3.71. The molecule has 7 heteroatoms. The maximum absolute atomic E-state index is 11.9. The van der Waals surface area contributed by atoms with E-state index in [1.165, 1.54) is 6.07 Å². The summed E-state index contributed by atoms with van der Waals surface area (Å²) in [7, 11) is 0. The average Bonchev–Trinajstić information content (AvgIpc) is 2.80. The summed E-state index contributed by atoms with van der Waals surface area (Å²) in [6.07, 6.45) is 3.48. The molecule has 0 atom stereocenters. The molecule has 0 aromatic carbocycles. The molecular formula is C13H14Cl2N4O. The monoisotopic (exact) mass is 312 g/mol. The first kappa shape index (κ1) is 14.8. The van der Waals surface area contributed by atoms with Gasteiger partial charge < -0.3 is 5.32 Å². The van der Waals surface area contributed by atoms with E-state index in [0.29, 0.717) is 12.1 Å². The van der Waals surface area contributed by atoms with Gasteiger partial charge >= 0.3 is 0 Å². The van der Waals surface area contributed by atoms with E-state index in [9.17, 15) is 4.79 Å². The normalized spacial score (nSPS) is 10.6. The Balaban J connectivity index is 1.82. The highest BCUT2D eigenvalue weighted by molar-refractivity contribution is 6.34. The fourth-order valence-electron chi connectivity index (χ4n) is 1.79. The highest BCUT2D eigenvalue weighted by Gasteiger charge is 2.11. The van der Waals surface area contributed by atoms with E-state index >= 15 is 0 Å². The number of halogens is 2. The van der Waals surface area contributed by atoms with Gasteiger partial charge in [0.15, 0.2) is 0 Å². The Morgan fingerprint density at radius 3 is 2.85 bits per heavy atom. The molecule has 0 spiro atoms. The van der Waals surface area contributed by atoms with Gasteiger partial charge in [-0.15, -0.1) is 0 Å². The van der Waals surface area contributed by atoms with Crippen molar-refractivity contribution in [1.82, 2.24) is 20.5 Å². The Labute approximate surface area is 126 Å². The smallest absolute Gasteiger partial charge is 0.254 e. The van der Waals surface area contributed by atoms with Crippen LogP contribution in [0.3, 0.4) is 0 Å². The second kappa shape index (κ2) is 6.72. The summed E-state index contributed by atoms with van der Waals surface area (Å²) in [6, 6.07) is 3.10. The van der Waals surface area contributed by atoms with Crippen molar-refractivity contribution < 1.29 is 4.79 Å². The van der Waals surface area contributed by atoms with Gasteiger partial charge in [-0.1, -0.05) is 23.2 Å². The number of amides is 1. The zero-order valence-corrected chi connectivity index (χ0v) is 12.4. The fraction of sp³-hybridized carbons (Fsp3) is 0.308. The van der Waals surface area contributed by atoms with Gasteiger partial charge in [0.25, 0.3) is 5.91 Å². The summed E-state index contributed by atoms with van der Waals surface area (Å²) >= 11 is 11.6. The third-order valence-corrected chi connectivity index (χ3v) is 3.40.